The Morgan fingerprint density at radius 3 is 2.78 bits per heavy atom. The lowest BCUT2D eigenvalue weighted by Gasteiger charge is -2.22. The molecule has 0 bridgehead atoms. The molecule has 0 aliphatic heterocycles. The molecule has 18 heavy (non-hydrogen) atoms. The Kier molecular flexibility index (Phi) is 3.96. The van der Waals surface area contributed by atoms with Crippen LogP contribution < -0.4 is 10.1 Å². The van der Waals surface area contributed by atoms with Crippen molar-refractivity contribution in [1.82, 2.24) is 5.32 Å². The third-order valence-corrected chi connectivity index (χ3v) is 4.05. The van der Waals surface area contributed by atoms with E-state index in [1.807, 2.05) is 6.07 Å². The molecule has 100 valence electrons. The zero-order chi connectivity index (χ0) is 13.2. The van der Waals surface area contributed by atoms with E-state index in [0.29, 0.717) is 17.5 Å². The van der Waals surface area contributed by atoms with Gasteiger partial charge >= 0.3 is 0 Å². The van der Waals surface area contributed by atoms with Crippen molar-refractivity contribution >= 4 is 0 Å². The Bertz CT molecular complexity index is 400. The van der Waals surface area contributed by atoms with Crippen LogP contribution in [0.5, 0.6) is 5.75 Å². The highest BCUT2D eigenvalue weighted by molar-refractivity contribution is 5.30. The van der Waals surface area contributed by atoms with Crippen LogP contribution in [0.4, 0.5) is 0 Å². The van der Waals surface area contributed by atoms with Crippen molar-refractivity contribution in [3.63, 3.8) is 0 Å². The number of nitrogens with one attached hydrogen (secondary N) is 1. The Balaban J connectivity index is 1.97. The van der Waals surface area contributed by atoms with Gasteiger partial charge in [0.15, 0.2) is 0 Å². The second kappa shape index (κ2) is 5.31. The lowest BCUT2D eigenvalue weighted by atomic mass is 9.91. The number of ether oxygens (including phenoxy) is 1. The number of hydrogen-bond acceptors (Lipinski definition) is 2. The molecule has 0 saturated heterocycles. The van der Waals surface area contributed by atoms with E-state index in [-0.39, 0.29) is 0 Å². The summed E-state index contributed by atoms with van der Waals surface area (Å²) in [6.07, 6.45) is 3.90. The highest BCUT2D eigenvalue weighted by atomic mass is 16.5. The molecule has 1 aliphatic carbocycles. The molecule has 1 unspecified atom stereocenters. The monoisotopic (exact) mass is 247 g/mol. The zero-order valence-electron chi connectivity index (χ0n) is 12.0. The van der Waals surface area contributed by atoms with Gasteiger partial charge in [-0.25, -0.2) is 0 Å². The molecule has 2 rings (SSSR count). The van der Waals surface area contributed by atoms with Crippen LogP contribution in [-0.4, -0.2) is 13.2 Å². The van der Waals surface area contributed by atoms with Crippen molar-refractivity contribution in [3.8, 4) is 5.75 Å². The summed E-state index contributed by atoms with van der Waals surface area (Å²) in [6, 6.07) is 9.39. The molecule has 1 aromatic carbocycles. The average molecular weight is 247 g/mol. The van der Waals surface area contributed by atoms with Gasteiger partial charge in [-0.3, -0.25) is 0 Å². The lowest BCUT2D eigenvalue weighted by molar-refractivity contribution is 0.356. The van der Waals surface area contributed by atoms with E-state index in [1.54, 1.807) is 7.11 Å². The lowest BCUT2D eigenvalue weighted by Crippen LogP contribution is -2.30. The topological polar surface area (TPSA) is 21.3 Å². The highest BCUT2D eigenvalue weighted by Gasteiger charge is 2.31. The molecule has 1 saturated carbocycles. The summed E-state index contributed by atoms with van der Waals surface area (Å²) in [6.45, 7) is 6.97. The van der Waals surface area contributed by atoms with Gasteiger partial charge < -0.3 is 10.1 Å². The SMILES string of the molecule is COc1cccc([C@H](C)NC2CCC(C)(C)C2)c1. The summed E-state index contributed by atoms with van der Waals surface area (Å²) in [4.78, 5) is 0. The molecule has 0 heterocycles. The fourth-order valence-electron chi connectivity index (χ4n) is 2.94. The summed E-state index contributed by atoms with van der Waals surface area (Å²) in [5, 5.41) is 3.75. The van der Waals surface area contributed by atoms with E-state index in [1.165, 1.54) is 24.8 Å². The Hall–Kier alpha value is -1.02. The second-order valence-electron chi connectivity index (χ2n) is 6.27. The third-order valence-electron chi connectivity index (χ3n) is 4.05. The normalized spacial score (nSPS) is 23.9. The zero-order valence-corrected chi connectivity index (χ0v) is 12.0. The maximum Gasteiger partial charge on any atom is 0.119 e. The van der Waals surface area contributed by atoms with Gasteiger partial charge in [0.05, 0.1) is 7.11 Å². The largest absolute Gasteiger partial charge is 0.497 e. The van der Waals surface area contributed by atoms with Crippen LogP contribution in [0.15, 0.2) is 24.3 Å². The molecule has 1 fully saturated rings. The van der Waals surface area contributed by atoms with Crippen molar-refractivity contribution in [2.24, 2.45) is 5.41 Å². The smallest absolute Gasteiger partial charge is 0.119 e. The first kappa shape index (κ1) is 13.4. The molecular formula is C16H25NO. The molecule has 0 aromatic heterocycles. The van der Waals surface area contributed by atoms with Gasteiger partial charge in [-0.2, -0.15) is 0 Å². The van der Waals surface area contributed by atoms with Crippen LogP contribution in [0, 0.1) is 5.41 Å². The molecule has 0 amide bonds. The van der Waals surface area contributed by atoms with E-state index in [9.17, 15) is 0 Å². The Morgan fingerprint density at radius 1 is 1.39 bits per heavy atom. The van der Waals surface area contributed by atoms with E-state index in [4.69, 9.17) is 4.74 Å². The Labute approximate surface area is 111 Å². The minimum atomic E-state index is 0.388. The summed E-state index contributed by atoms with van der Waals surface area (Å²) >= 11 is 0. The van der Waals surface area contributed by atoms with Crippen molar-refractivity contribution in [2.45, 2.75) is 52.1 Å². The first-order valence-corrected chi connectivity index (χ1v) is 6.90. The van der Waals surface area contributed by atoms with Gasteiger partial charge in [-0.15, -0.1) is 0 Å². The van der Waals surface area contributed by atoms with Gasteiger partial charge in [-0.1, -0.05) is 26.0 Å². The van der Waals surface area contributed by atoms with E-state index >= 15 is 0 Å². The van der Waals surface area contributed by atoms with Gasteiger partial charge in [0.1, 0.15) is 5.75 Å². The molecule has 2 heteroatoms. The first-order chi connectivity index (χ1) is 8.50. The number of hydrogen-bond donors (Lipinski definition) is 1. The van der Waals surface area contributed by atoms with Crippen LogP contribution in [0.3, 0.4) is 0 Å². The predicted molar refractivity (Wildman–Crippen MR) is 76.0 cm³/mol. The quantitative estimate of drug-likeness (QED) is 0.870. The van der Waals surface area contributed by atoms with Gasteiger partial charge in [-0.05, 0) is 49.3 Å². The highest BCUT2D eigenvalue weighted by Crippen LogP contribution is 2.37. The maximum absolute atomic E-state index is 5.28. The third kappa shape index (κ3) is 3.26. The minimum absolute atomic E-state index is 0.388. The van der Waals surface area contributed by atoms with Crippen molar-refractivity contribution < 1.29 is 4.74 Å². The molecule has 2 atom stereocenters. The van der Waals surface area contributed by atoms with Crippen LogP contribution in [0.2, 0.25) is 0 Å². The van der Waals surface area contributed by atoms with Crippen LogP contribution >= 0.6 is 0 Å². The molecule has 1 aromatic rings. The summed E-state index contributed by atoms with van der Waals surface area (Å²) in [7, 11) is 1.72. The molecular weight excluding hydrogens is 222 g/mol. The van der Waals surface area contributed by atoms with E-state index < -0.39 is 0 Å². The first-order valence-electron chi connectivity index (χ1n) is 6.90. The predicted octanol–water partition coefficient (Wildman–Crippen LogP) is 3.92. The van der Waals surface area contributed by atoms with E-state index in [2.05, 4.69) is 44.3 Å². The summed E-state index contributed by atoms with van der Waals surface area (Å²) in [5.41, 5.74) is 1.81. The molecule has 1 N–H and O–H groups in total. The van der Waals surface area contributed by atoms with Crippen LogP contribution in [-0.2, 0) is 0 Å². The van der Waals surface area contributed by atoms with E-state index in [0.717, 1.165) is 5.75 Å². The second-order valence-corrected chi connectivity index (χ2v) is 6.27. The summed E-state index contributed by atoms with van der Waals surface area (Å²) in [5.74, 6) is 0.938. The molecule has 0 spiro atoms. The number of rotatable bonds is 4. The minimum Gasteiger partial charge on any atom is -0.497 e. The average Bonchev–Trinajstić information content (AvgIpc) is 2.68. The number of benzene rings is 1. The van der Waals surface area contributed by atoms with Crippen LogP contribution in [0.1, 0.15) is 51.6 Å². The van der Waals surface area contributed by atoms with Gasteiger partial charge in [0, 0.05) is 12.1 Å². The molecule has 0 radical (unpaired) electrons. The fraction of sp³-hybridized carbons (Fsp3) is 0.625. The Morgan fingerprint density at radius 2 is 2.17 bits per heavy atom. The standard InChI is InChI=1S/C16H25NO/c1-12(13-6-5-7-15(10-13)18-4)17-14-8-9-16(2,3)11-14/h5-7,10,12,14,17H,8-9,11H2,1-4H3/t12-,14?/m0/s1. The number of methoxy groups -OCH3 is 1. The van der Waals surface area contributed by atoms with Crippen molar-refractivity contribution in [3.05, 3.63) is 29.8 Å². The summed E-state index contributed by atoms with van der Waals surface area (Å²) < 4.78 is 5.28. The van der Waals surface area contributed by atoms with Crippen LogP contribution in [0.25, 0.3) is 0 Å². The van der Waals surface area contributed by atoms with Crippen molar-refractivity contribution in [2.75, 3.05) is 7.11 Å². The van der Waals surface area contributed by atoms with Gasteiger partial charge in [0.25, 0.3) is 0 Å². The fourth-order valence-corrected chi connectivity index (χ4v) is 2.94. The molecule has 1 aliphatic rings. The maximum atomic E-state index is 5.28. The van der Waals surface area contributed by atoms with Crippen molar-refractivity contribution in [1.29, 1.82) is 0 Å². The van der Waals surface area contributed by atoms with Gasteiger partial charge in [0.2, 0.25) is 0 Å². The molecule has 2 nitrogen and oxygen atoms in total.